The number of hydrogen-bond acceptors (Lipinski definition) is 0. The minimum Gasteiger partial charge on any atom is -0.237 e. The van der Waals surface area contributed by atoms with E-state index in [2.05, 4.69) is 0 Å². The molecule has 0 amide bonds. The van der Waals surface area contributed by atoms with Crippen molar-refractivity contribution >= 4 is 9.08 Å². The standard InChI is InChI=1S/C5H9F3Si/c1-3-5(2)4-9(6,7)8/h3H,4H2,1-2H3/b5-3+. The van der Waals surface area contributed by atoms with Crippen LogP contribution in [0.4, 0.5) is 12.3 Å². The molecule has 0 rings (SSSR count). The molecule has 0 saturated carbocycles. The predicted octanol–water partition coefficient (Wildman–Crippen LogP) is 2.80. The first kappa shape index (κ1) is 8.75. The zero-order valence-electron chi connectivity index (χ0n) is 5.42. The normalized spacial score (nSPS) is 14.1. The smallest absolute Gasteiger partial charge is 0.237 e. The molecule has 0 fully saturated rings. The Morgan fingerprint density at radius 1 is 1.44 bits per heavy atom. The molecule has 4 heteroatoms. The topological polar surface area (TPSA) is 0 Å². The van der Waals surface area contributed by atoms with E-state index in [9.17, 15) is 12.3 Å². The molecule has 0 aliphatic rings. The van der Waals surface area contributed by atoms with Gasteiger partial charge in [0, 0.05) is 6.04 Å². The summed E-state index contributed by atoms with van der Waals surface area (Å²) in [4.78, 5) is 0. The molecule has 0 saturated heterocycles. The first-order chi connectivity index (χ1) is 3.95. The highest BCUT2D eigenvalue weighted by atomic mass is 28.5. The Balaban J connectivity index is 3.75. The molecule has 0 unspecified atom stereocenters. The third-order valence-corrected chi connectivity index (χ3v) is 1.93. The summed E-state index contributed by atoms with van der Waals surface area (Å²) in [5.41, 5.74) is 0.425. The number of halogens is 3. The van der Waals surface area contributed by atoms with Crippen LogP contribution in [0.3, 0.4) is 0 Å². The minimum absolute atomic E-state index is 0.425. The second kappa shape index (κ2) is 3.05. The van der Waals surface area contributed by atoms with Crippen molar-refractivity contribution in [2.75, 3.05) is 0 Å². The maximum atomic E-state index is 11.6. The van der Waals surface area contributed by atoms with Gasteiger partial charge < -0.3 is 0 Å². The van der Waals surface area contributed by atoms with Crippen molar-refractivity contribution in [1.82, 2.24) is 0 Å². The predicted molar refractivity (Wildman–Crippen MR) is 33.3 cm³/mol. The van der Waals surface area contributed by atoms with Crippen LogP contribution in [0.5, 0.6) is 0 Å². The van der Waals surface area contributed by atoms with Crippen molar-refractivity contribution in [3.05, 3.63) is 11.6 Å². The summed E-state index contributed by atoms with van der Waals surface area (Å²) >= 11 is 0. The molecule has 9 heavy (non-hydrogen) atoms. The van der Waals surface area contributed by atoms with Crippen molar-refractivity contribution in [2.24, 2.45) is 0 Å². The fourth-order valence-electron chi connectivity index (χ4n) is 0.418. The van der Waals surface area contributed by atoms with Crippen molar-refractivity contribution in [3.8, 4) is 0 Å². The van der Waals surface area contributed by atoms with Crippen molar-refractivity contribution in [1.29, 1.82) is 0 Å². The van der Waals surface area contributed by atoms with Gasteiger partial charge in [0.15, 0.2) is 0 Å². The van der Waals surface area contributed by atoms with Crippen LogP contribution in [0, 0.1) is 0 Å². The molecule has 0 radical (unpaired) electrons. The van der Waals surface area contributed by atoms with E-state index < -0.39 is 15.1 Å². The zero-order chi connectivity index (χ0) is 7.49. The van der Waals surface area contributed by atoms with Gasteiger partial charge >= 0.3 is 9.08 Å². The van der Waals surface area contributed by atoms with Crippen LogP contribution >= 0.6 is 0 Å². The summed E-state index contributed by atoms with van der Waals surface area (Å²) in [6.45, 7) is 3.12. The first-order valence-electron chi connectivity index (χ1n) is 2.64. The number of rotatable bonds is 2. The summed E-state index contributed by atoms with van der Waals surface area (Å²) in [6.07, 6.45) is 1.50. The van der Waals surface area contributed by atoms with Gasteiger partial charge in [-0.3, -0.25) is 0 Å². The fraction of sp³-hybridized carbons (Fsp3) is 0.600. The van der Waals surface area contributed by atoms with Gasteiger partial charge in [-0.25, -0.2) is 12.3 Å². The highest BCUT2D eigenvalue weighted by Crippen LogP contribution is 2.19. The lowest BCUT2D eigenvalue weighted by molar-refractivity contribution is 0.475. The SMILES string of the molecule is C/C=C(\C)C[Si](F)(F)F. The molecular formula is C5H9F3Si. The lowest BCUT2D eigenvalue weighted by Gasteiger charge is -2.00. The van der Waals surface area contributed by atoms with Gasteiger partial charge in [0.1, 0.15) is 0 Å². The van der Waals surface area contributed by atoms with E-state index in [0.29, 0.717) is 5.57 Å². The molecule has 0 heterocycles. The van der Waals surface area contributed by atoms with Gasteiger partial charge in [-0.15, -0.1) is 0 Å². The van der Waals surface area contributed by atoms with E-state index in [1.165, 1.54) is 13.0 Å². The fourth-order valence-corrected chi connectivity index (χ4v) is 1.25. The number of hydrogen-bond donors (Lipinski definition) is 0. The highest BCUT2D eigenvalue weighted by molar-refractivity contribution is 6.59. The summed E-state index contributed by atoms with van der Waals surface area (Å²) in [6, 6.07) is -0.649. The Labute approximate surface area is 53.9 Å². The molecule has 0 N–H and O–H groups in total. The van der Waals surface area contributed by atoms with Crippen molar-refractivity contribution in [3.63, 3.8) is 0 Å². The summed E-state index contributed by atoms with van der Waals surface area (Å²) in [5.74, 6) is 0. The average Bonchev–Trinajstić information content (AvgIpc) is 1.62. The molecule has 0 atom stereocenters. The lowest BCUT2D eigenvalue weighted by atomic mass is 10.3. The van der Waals surface area contributed by atoms with Crippen molar-refractivity contribution < 1.29 is 12.3 Å². The second-order valence-electron chi connectivity index (χ2n) is 1.93. The minimum atomic E-state index is -5.31. The Morgan fingerprint density at radius 2 is 1.89 bits per heavy atom. The van der Waals surface area contributed by atoms with E-state index in [1.54, 1.807) is 6.92 Å². The highest BCUT2D eigenvalue weighted by Gasteiger charge is 2.36. The van der Waals surface area contributed by atoms with E-state index >= 15 is 0 Å². The monoisotopic (exact) mass is 154 g/mol. The third kappa shape index (κ3) is 5.62. The van der Waals surface area contributed by atoms with Gasteiger partial charge in [0.2, 0.25) is 0 Å². The van der Waals surface area contributed by atoms with Crippen molar-refractivity contribution in [2.45, 2.75) is 19.9 Å². The maximum Gasteiger partial charge on any atom is 0.620 e. The third-order valence-electron chi connectivity index (χ3n) is 0.972. The zero-order valence-corrected chi connectivity index (χ0v) is 6.42. The second-order valence-corrected chi connectivity index (χ2v) is 3.51. The molecule has 0 aromatic carbocycles. The van der Waals surface area contributed by atoms with Crippen LogP contribution < -0.4 is 0 Å². The van der Waals surface area contributed by atoms with Crippen LogP contribution in [0.25, 0.3) is 0 Å². The Hall–Kier alpha value is -0.253. The maximum absolute atomic E-state index is 11.6. The van der Waals surface area contributed by atoms with Gasteiger partial charge in [0.25, 0.3) is 0 Å². The Morgan fingerprint density at radius 3 is 2.00 bits per heavy atom. The molecule has 0 nitrogen and oxygen atoms in total. The first-order valence-corrected chi connectivity index (χ1v) is 4.48. The van der Waals surface area contributed by atoms with Gasteiger partial charge in [-0.05, 0) is 13.8 Å². The van der Waals surface area contributed by atoms with Gasteiger partial charge in [-0.2, -0.15) is 0 Å². The summed E-state index contributed by atoms with van der Waals surface area (Å²) in [7, 11) is -5.31. The lowest BCUT2D eigenvalue weighted by Crippen LogP contribution is -2.13. The van der Waals surface area contributed by atoms with E-state index in [4.69, 9.17) is 0 Å². The van der Waals surface area contributed by atoms with Gasteiger partial charge in [0.05, 0.1) is 0 Å². The van der Waals surface area contributed by atoms with Crippen LogP contribution in [-0.4, -0.2) is 9.08 Å². The molecule has 0 spiro atoms. The van der Waals surface area contributed by atoms with Crippen LogP contribution in [0.15, 0.2) is 11.6 Å². The molecular weight excluding hydrogens is 145 g/mol. The molecule has 0 bridgehead atoms. The van der Waals surface area contributed by atoms with Gasteiger partial charge in [-0.1, -0.05) is 11.6 Å². The van der Waals surface area contributed by atoms with Crippen LogP contribution in [0.2, 0.25) is 6.04 Å². The summed E-state index contributed by atoms with van der Waals surface area (Å²) in [5, 5.41) is 0. The Bertz CT molecular complexity index is 114. The van der Waals surface area contributed by atoms with E-state index in [-0.39, 0.29) is 0 Å². The largest absolute Gasteiger partial charge is 0.620 e. The molecule has 0 aliphatic carbocycles. The molecule has 0 aliphatic heterocycles. The summed E-state index contributed by atoms with van der Waals surface area (Å²) < 4.78 is 34.8. The Kier molecular flexibility index (Phi) is 2.97. The number of allylic oxidation sites excluding steroid dienone is 2. The van der Waals surface area contributed by atoms with Crippen LogP contribution in [-0.2, 0) is 0 Å². The molecule has 0 aromatic heterocycles. The van der Waals surface area contributed by atoms with Crippen LogP contribution in [0.1, 0.15) is 13.8 Å². The molecule has 0 aromatic rings. The quantitative estimate of drug-likeness (QED) is 0.326. The average molecular weight is 154 g/mol. The van der Waals surface area contributed by atoms with E-state index in [0.717, 1.165) is 0 Å². The van der Waals surface area contributed by atoms with E-state index in [1.807, 2.05) is 0 Å². The molecule has 54 valence electrons.